The van der Waals surface area contributed by atoms with Crippen LogP contribution >= 0.6 is 0 Å². The molecule has 0 saturated carbocycles. The number of hydrogen-bond donors (Lipinski definition) is 2. The molecule has 23 heavy (non-hydrogen) atoms. The molecule has 0 bridgehead atoms. The van der Waals surface area contributed by atoms with Gasteiger partial charge in [-0.25, -0.2) is 4.39 Å². The Morgan fingerprint density at radius 3 is 2.91 bits per heavy atom. The third-order valence-corrected chi connectivity index (χ3v) is 3.69. The Balaban J connectivity index is 2.25. The summed E-state index contributed by atoms with van der Waals surface area (Å²) in [5.74, 6) is -0.0958. The van der Waals surface area contributed by atoms with Crippen molar-refractivity contribution in [1.29, 1.82) is 0 Å². The fourth-order valence-electron chi connectivity index (χ4n) is 2.59. The molecule has 8 heteroatoms. The number of rotatable bonds is 6. The number of alkyl halides is 1. The van der Waals surface area contributed by atoms with E-state index in [9.17, 15) is 9.18 Å². The van der Waals surface area contributed by atoms with Crippen LogP contribution in [-0.2, 0) is 19.0 Å². The lowest BCUT2D eigenvalue weighted by atomic mass is 10.1. The van der Waals surface area contributed by atoms with Crippen LogP contribution in [0.15, 0.2) is 36.3 Å². The quantitative estimate of drug-likeness (QED) is 0.715. The summed E-state index contributed by atoms with van der Waals surface area (Å²) in [6, 6.07) is 0. The van der Waals surface area contributed by atoms with Crippen molar-refractivity contribution in [3.05, 3.63) is 36.3 Å². The number of methoxy groups -OCH3 is 2. The normalized spacial score (nSPS) is 31.7. The minimum Gasteiger partial charge on any atom is -0.382 e. The molecule has 1 saturated heterocycles. The van der Waals surface area contributed by atoms with Gasteiger partial charge in [0.05, 0.1) is 12.2 Å². The predicted molar refractivity (Wildman–Crippen MR) is 81.6 cm³/mol. The van der Waals surface area contributed by atoms with Crippen LogP contribution < -0.4 is 11.1 Å². The highest BCUT2D eigenvalue weighted by molar-refractivity contribution is 5.98. The summed E-state index contributed by atoms with van der Waals surface area (Å²) in [6.07, 6.45) is 0.987. The fourth-order valence-corrected chi connectivity index (χ4v) is 2.59. The molecule has 2 heterocycles. The van der Waals surface area contributed by atoms with E-state index in [1.807, 2.05) is 0 Å². The molecule has 0 aromatic heterocycles. The average Bonchev–Trinajstić information content (AvgIpc) is 2.82. The number of carbonyl (C=O) groups excluding carboxylic acids is 1. The van der Waals surface area contributed by atoms with E-state index >= 15 is 0 Å². The molecule has 4 atom stereocenters. The van der Waals surface area contributed by atoms with Crippen molar-refractivity contribution in [1.82, 2.24) is 10.2 Å². The van der Waals surface area contributed by atoms with Crippen molar-refractivity contribution >= 4 is 5.91 Å². The first-order valence-corrected chi connectivity index (χ1v) is 7.21. The van der Waals surface area contributed by atoms with Gasteiger partial charge >= 0.3 is 0 Å². The lowest BCUT2D eigenvalue weighted by Crippen LogP contribution is -2.46. The molecule has 128 valence electrons. The van der Waals surface area contributed by atoms with Gasteiger partial charge in [-0.1, -0.05) is 18.7 Å². The molecule has 0 radical (unpaired) electrons. The molecule has 7 nitrogen and oxygen atoms in total. The fraction of sp³-hybridized carbons (Fsp3) is 0.533. The summed E-state index contributed by atoms with van der Waals surface area (Å²) in [5.41, 5.74) is 5.73. The van der Waals surface area contributed by atoms with Crippen molar-refractivity contribution < 1.29 is 23.4 Å². The molecule has 1 fully saturated rings. The molecular formula is C15H22FN3O4. The number of nitrogens with one attached hydrogen (secondary N) is 1. The van der Waals surface area contributed by atoms with Crippen LogP contribution in [0.3, 0.4) is 0 Å². The highest BCUT2D eigenvalue weighted by Crippen LogP contribution is 2.31. The van der Waals surface area contributed by atoms with E-state index in [0.29, 0.717) is 12.1 Å². The van der Waals surface area contributed by atoms with Gasteiger partial charge < -0.3 is 30.2 Å². The average molecular weight is 327 g/mol. The summed E-state index contributed by atoms with van der Waals surface area (Å²) in [4.78, 5) is 13.3. The van der Waals surface area contributed by atoms with Gasteiger partial charge in [0.2, 0.25) is 0 Å². The topological polar surface area (TPSA) is 86.1 Å². The Labute approximate surface area is 134 Å². The van der Waals surface area contributed by atoms with E-state index in [4.69, 9.17) is 19.9 Å². The lowest BCUT2D eigenvalue weighted by molar-refractivity contribution is -0.119. The van der Waals surface area contributed by atoms with Gasteiger partial charge in [0.15, 0.2) is 12.4 Å². The third kappa shape index (κ3) is 3.61. The van der Waals surface area contributed by atoms with Crippen LogP contribution in [-0.4, -0.2) is 62.8 Å². The van der Waals surface area contributed by atoms with Gasteiger partial charge in [-0.15, -0.1) is 0 Å². The second kappa shape index (κ2) is 7.69. The van der Waals surface area contributed by atoms with Gasteiger partial charge in [-0.3, -0.25) is 4.79 Å². The summed E-state index contributed by atoms with van der Waals surface area (Å²) in [7, 11) is 2.93. The zero-order valence-corrected chi connectivity index (χ0v) is 13.2. The number of carbonyl (C=O) groups is 1. The molecule has 2 aliphatic heterocycles. The molecule has 0 spiro atoms. The maximum atomic E-state index is 14.7. The maximum Gasteiger partial charge on any atom is 0.258 e. The van der Waals surface area contributed by atoms with E-state index in [-0.39, 0.29) is 18.3 Å². The number of hydrogen-bond acceptors (Lipinski definition) is 6. The van der Waals surface area contributed by atoms with Crippen LogP contribution in [0.2, 0.25) is 0 Å². The minimum absolute atomic E-state index is 0.200. The van der Waals surface area contributed by atoms with Gasteiger partial charge in [-0.2, -0.15) is 0 Å². The first-order valence-electron chi connectivity index (χ1n) is 7.21. The molecule has 1 unspecified atom stereocenters. The van der Waals surface area contributed by atoms with Gasteiger partial charge in [0.25, 0.3) is 5.91 Å². The SMILES string of the molecule is C=C1NC(=O)C(/C=C/CN)=CN1[C@@H]1O[C@H](COC)[C@@H](OC)C1F. The number of nitrogens with two attached hydrogens (primary N) is 1. The van der Waals surface area contributed by atoms with Gasteiger partial charge in [0.1, 0.15) is 18.0 Å². The molecule has 3 N–H and O–H groups in total. The highest BCUT2D eigenvalue weighted by Gasteiger charge is 2.48. The van der Waals surface area contributed by atoms with Crippen LogP contribution in [0.25, 0.3) is 0 Å². The van der Waals surface area contributed by atoms with Crippen molar-refractivity contribution in [2.75, 3.05) is 27.4 Å². The predicted octanol–water partition coefficient (Wildman–Crippen LogP) is 0.0126. The highest BCUT2D eigenvalue weighted by atomic mass is 19.1. The Bertz CT molecular complexity index is 523. The number of amides is 1. The van der Waals surface area contributed by atoms with E-state index in [1.54, 1.807) is 12.2 Å². The Morgan fingerprint density at radius 2 is 2.30 bits per heavy atom. The molecule has 0 aromatic rings. The molecule has 2 rings (SSSR count). The number of halogens is 1. The third-order valence-electron chi connectivity index (χ3n) is 3.69. The lowest BCUT2D eigenvalue weighted by Gasteiger charge is -2.33. The van der Waals surface area contributed by atoms with E-state index in [0.717, 1.165) is 0 Å². The van der Waals surface area contributed by atoms with Crippen LogP contribution in [0, 0.1) is 0 Å². The summed E-state index contributed by atoms with van der Waals surface area (Å²) in [5, 5.41) is 2.58. The standard InChI is InChI=1S/C15H22FN3O4/c1-9-18-14(20)10(5-4-6-17)7-19(9)15-12(16)13(22-3)11(23-15)8-21-2/h4-5,7,11-13,15H,1,6,8,17H2,2-3H3,(H,18,20)/b5-4+/t11-,12?,13-,15-/m1/s1. The second-order valence-electron chi connectivity index (χ2n) is 5.20. The van der Waals surface area contributed by atoms with Crippen LogP contribution in [0.1, 0.15) is 0 Å². The van der Waals surface area contributed by atoms with Crippen molar-refractivity contribution in [2.24, 2.45) is 5.73 Å². The van der Waals surface area contributed by atoms with E-state index in [2.05, 4.69) is 11.9 Å². The Kier molecular flexibility index (Phi) is 5.89. The number of ether oxygens (including phenoxy) is 3. The van der Waals surface area contributed by atoms with Crippen molar-refractivity contribution in [2.45, 2.75) is 24.6 Å². The smallest absolute Gasteiger partial charge is 0.258 e. The van der Waals surface area contributed by atoms with Crippen molar-refractivity contribution in [3.63, 3.8) is 0 Å². The van der Waals surface area contributed by atoms with E-state index < -0.39 is 24.6 Å². The number of nitrogens with zero attached hydrogens (tertiary/aromatic N) is 1. The first kappa shape index (κ1) is 17.6. The van der Waals surface area contributed by atoms with Crippen LogP contribution in [0.4, 0.5) is 4.39 Å². The Morgan fingerprint density at radius 1 is 1.57 bits per heavy atom. The first-order chi connectivity index (χ1) is 11.0. The van der Waals surface area contributed by atoms with E-state index in [1.165, 1.54) is 25.3 Å². The summed E-state index contributed by atoms with van der Waals surface area (Å²) in [6.45, 7) is 4.23. The maximum absolute atomic E-state index is 14.7. The Hall–Kier alpha value is -1.74. The summed E-state index contributed by atoms with van der Waals surface area (Å²) >= 11 is 0. The largest absolute Gasteiger partial charge is 0.382 e. The van der Waals surface area contributed by atoms with Crippen LogP contribution in [0.5, 0.6) is 0 Å². The molecular weight excluding hydrogens is 305 g/mol. The monoisotopic (exact) mass is 327 g/mol. The minimum atomic E-state index is -1.43. The molecule has 0 aromatic carbocycles. The van der Waals surface area contributed by atoms with Gasteiger partial charge in [0, 0.05) is 27.0 Å². The summed E-state index contributed by atoms with van der Waals surface area (Å²) < 4.78 is 30.6. The molecule has 1 amide bonds. The molecule has 0 aliphatic carbocycles. The second-order valence-corrected chi connectivity index (χ2v) is 5.20. The zero-order valence-electron chi connectivity index (χ0n) is 13.2. The van der Waals surface area contributed by atoms with Crippen molar-refractivity contribution in [3.8, 4) is 0 Å². The van der Waals surface area contributed by atoms with Gasteiger partial charge in [-0.05, 0) is 0 Å². The molecule has 2 aliphatic rings. The zero-order chi connectivity index (χ0) is 17.0.